The number of rotatable bonds is 7. The second-order valence-corrected chi connectivity index (χ2v) is 8.07. The fourth-order valence-electron chi connectivity index (χ4n) is 3.83. The lowest BCUT2D eigenvalue weighted by Crippen LogP contribution is -2.49. The molecule has 9 heteroatoms. The van der Waals surface area contributed by atoms with Crippen LogP contribution in [-0.4, -0.2) is 70.7 Å². The number of pyridine rings is 1. The number of benzene rings is 1. The Morgan fingerprint density at radius 3 is 2.69 bits per heavy atom. The van der Waals surface area contributed by atoms with Crippen LogP contribution in [0.3, 0.4) is 0 Å². The number of carbonyl (C=O) groups excluding carboxylic acids is 1. The van der Waals surface area contributed by atoms with Crippen molar-refractivity contribution in [2.24, 2.45) is 0 Å². The van der Waals surface area contributed by atoms with Gasteiger partial charge in [-0.05, 0) is 50.2 Å². The number of aliphatic carboxylic acids is 1. The minimum absolute atomic E-state index is 0.0598. The number of anilines is 2. The number of carbonyl (C=O) groups is 2. The molecule has 0 bridgehead atoms. The average molecular weight is 438 g/mol. The number of hydrogen-bond donors (Lipinski definition) is 3. The first-order valence-corrected chi connectivity index (χ1v) is 10.6. The maximum Gasteiger partial charge on any atom is 0.341 e. The molecule has 1 aromatic carbocycles. The summed E-state index contributed by atoms with van der Waals surface area (Å²) < 4.78 is 5.22. The summed E-state index contributed by atoms with van der Waals surface area (Å²) in [5, 5.41) is 13.0. The smallest absolute Gasteiger partial charge is 0.341 e. The second kappa shape index (κ2) is 9.17. The van der Waals surface area contributed by atoms with E-state index in [1.807, 2.05) is 17.0 Å². The molecule has 0 unspecified atom stereocenters. The molecular formula is C23H27N5O4. The van der Waals surface area contributed by atoms with Gasteiger partial charge < -0.3 is 29.9 Å². The minimum Gasteiger partial charge on any atom is -0.482 e. The third-order valence-electron chi connectivity index (χ3n) is 5.28. The summed E-state index contributed by atoms with van der Waals surface area (Å²) in [4.78, 5) is 35.5. The highest BCUT2D eigenvalue weighted by Gasteiger charge is 2.25. The van der Waals surface area contributed by atoms with E-state index in [0.717, 1.165) is 22.4 Å². The molecule has 3 aromatic rings. The zero-order valence-corrected chi connectivity index (χ0v) is 18.2. The zero-order valence-electron chi connectivity index (χ0n) is 18.2. The summed E-state index contributed by atoms with van der Waals surface area (Å²) in [6.07, 6.45) is 1.79. The summed E-state index contributed by atoms with van der Waals surface area (Å²) >= 11 is 0. The van der Waals surface area contributed by atoms with Gasteiger partial charge in [-0.1, -0.05) is 0 Å². The van der Waals surface area contributed by atoms with Crippen LogP contribution in [0.25, 0.3) is 10.9 Å². The van der Waals surface area contributed by atoms with E-state index in [0.29, 0.717) is 43.7 Å². The molecule has 1 aliphatic heterocycles. The first-order chi connectivity index (χ1) is 15.4. The molecule has 0 atom stereocenters. The lowest BCUT2D eigenvalue weighted by molar-refractivity contribution is -0.139. The van der Waals surface area contributed by atoms with Crippen molar-refractivity contribution in [1.82, 2.24) is 14.9 Å². The SMILES string of the molecule is CC(C)Nc1cccnc1N1CCN(C(=O)c2cc3cc(OCC(=O)O)ccc3[nH]2)CC1. The Kier molecular flexibility index (Phi) is 6.16. The fraction of sp³-hybridized carbons (Fsp3) is 0.348. The molecule has 0 radical (unpaired) electrons. The van der Waals surface area contributed by atoms with Gasteiger partial charge in [0.05, 0.1) is 5.69 Å². The fourth-order valence-corrected chi connectivity index (χ4v) is 3.83. The first kappa shape index (κ1) is 21.5. The van der Waals surface area contributed by atoms with Crippen LogP contribution in [-0.2, 0) is 4.79 Å². The molecule has 0 saturated carbocycles. The number of amides is 1. The molecule has 9 nitrogen and oxygen atoms in total. The normalized spacial score (nSPS) is 14.1. The Labute approximate surface area is 186 Å². The highest BCUT2D eigenvalue weighted by molar-refractivity contribution is 5.98. The van der Waals surface area contributed by atoms with Crippen molar-refractivity contribution in [3.8, 4) is 5.75 Å². The summed E-state index contributed by atoms with van der Waals surface area (Å²) in [5.41, 5.74) is 2.30. The van der Waals surface area contributed by atoms with Crippen molar-refractivity contribution >= 4 is 34.3 Å². The van der Waals surface area contributed by atoms with Crippen LogP contribution in [0.15, 0.2) is 42.6 Å². The van der Waals surface area contributed by atoms with Crippen LogP contribution in [0.1, 0.15) is 24.3 Å². The van der Waals surface area contributed by atoms with Crippen LogP contribution in [0.2, 0.25) is 0 Å². The average Bonchev–Trinajstić information content (AvgIpc) is 3.21. The molecule has 3 N–H and O–H groups in total. The minimum atomic E-state index is -1.04. The van der Waals surface area contributed by atoms with Gasteiger partial charge in [0.25, 0.3) is 5.91 Å². The largest absolute Gasteiger partial charge is 0.482 e. The Hall–Kier alpha value is -3.75. The molecule has 0 spiro atoms. The highest BCUT2D eigenvalue weighted by Crippen LogP contribution is 2.26. The van der Waals surface area contributed by atoms with Gasteiger partial charge in [-0.2, -0.15) is 0 Å². The predicted molar refractivity (Wildman–Crippen MR) is 123 cm³/mol. The van der Waals surface area contributed by atoms with Crippen LogP contribution in [0.4, 0.5) is 11.5 Å². The van der Waals surface area contributed by atoms with Crippen molar-refractivity contribution in [3.05, 3.63) is 48.3 Å². The molecule has 168 valence electrons. The molecule has 1 aliphatic rings. The zero-order chi connectivity index (χ0) is 22.7. The second-order valence-electron chi connectivity index (χ2n) is 8.07. The molecule has 32 heavy (non-hydrogen) atoms. The number of carboxylic acid groups (broad SMARTS) is 1. The maximum absolute atomic E-state index is 13.1. The lowest BCUT2D eigenvalue weighted by atomic mass is 10.2. The number of aromatic nitrogens is 2. The Bertz CT molecular complexity index is 1120. The van der Waals surface area contributed by atoms with Gasteiger partial charge in [0.2, 0.25) is 0 Å². The van der Waals surface area contributed by atoms with Crippen molar-refractivity contribution in [3.63, 3.8) is 0 Å². The van der Waals surface area contributed by atoms with Crippen molar-refractivity contribution in [1.29, 1.82) is 0 Å². The van der Waals surface area contributed by atoms with Crippen molar-refractivity contribution < 1.29 is 19.4 Å². The van der Waals surface area contributed by atoms with E-state index in [4.69, 9.17) is 9.84 Å². The van der Waals surface area contributed by atoms with Crippen LogP contribution in [0.5, 0.6) is 5.75 Å². The van der Waals surface area contributed by atoms with Gasteiger partial charge in [-0.25, -0.2) is 9.78 Å². The number of ether oxygens (including phenoxy) is 1. The molecular weight excluding hydrogens is 410 g/mol. The lowest BCUT2D eigenvalue weighted by Gasteiger charge is -2.36. The Morgan fingerprint density at radius 2 is 1.97 bits per heavy atom. The van der Waals surface area contributed by atoms with E-state index in [2.05, 4.69) is 34.0 Å². The van der Waals surface area contributed by atoms with Crippen LogP contribution >= 0.6 is 0 Å². The van der Waals surface area contributed by atoms with Crippen molar-refractivity contribution in [2.75, 3.05) is 43.0 Å². The molecule has 3 heterocycles. The van der Waals surface area contributed by atoms with Crippen LogP contribution in [0, 0.1) is 0 Å². The van der Waals surface area contributed by atoms with Crippen molar-refractivity contribution in [2.45, 2.75) is 19.9 Å². The predicted octanol–water partition coefficient (Wildman–Crippen LogP) is 2.81. The molecule has 1 fully saturated rings. The van der Waals surface area contributed by atoms with E-state index >= 15 is 0 Å². The van der Waals surface area contributed by atoms with E-state index in [1.165, 1.54) is 0 Å². The Morgan fingerprint density at radius 1 is 1.19 bits per heavy atom. The number of nitrogens with one attached hydrogen (secondary N) is 2. The monoisotopic (exact) mass is 437 g/mol. The van der Waals surface area contributed by atoms with Crippen LogP contribution < -0.4 is 15.0 Å². The molecule has 0 aliphatic carbocycles. The molecule has 1 amide bonds. The van der Waals surface area contributed by atoms with Gasteiger partial charge >= 0.3 is 5.97 Å². The van der Waals surface area contributed by atoms with Gasteiger partial charge in [0.15, 0.2) is 12.4 Å². The van der Waals surface area contributed by atoms with Gasteiger partial charge in [-0.3, -0.25) is 4.79 Å². The van der Waals surface area contributed by atoms with E-state index < -0.39 is 12.6 Å². The van der Waals surface area contributed by atoms with Gasteiger partial charge in [0, 0.05) is 49.3 Å². The number of carboxylic acids is 1. The number of H-pyrrole nitrogens is 1. The van der Waals surface area contributed by atoms with E-state index in [9.17, 15) is 9.59 Å². The number of hydrogen-bond acceptors (Lipinski definition) is 6. The number of nitrogens with zero attached hydrogens (tertiary/aromatic N) is 3. The summed E-state index contributed by atoms with van der Waals surface area (Å²) in [7, 11) is 0. The maximum atomic E-state index is 13.1. The third kappa shape index (κ3) is 4.77. The standard InChI is InChI=1S/C23H27N5O4/c1-15(2)25-19-4-3-7-24-22(19)27-8-10-28(11-9-27)23(31)20-13-16-12-17(32-14-21(29)30)5-6-18(16)26-20/h3-7,12-13,15,25-26H,8-11,14H2,1-2H3,(H,29,30). The summed E-state index contributed by atoms with van der Waals surface area (Å²) in [6.45, 7) is 6.37. The molecule has 1 saturated heterocycles. The highest BCUT2D eigenvalue weighted by atomic mass is 16.5. The molecule has 2 aromatic heterocycles. The quantitative estimate of drug-likeness (QED) is 0.521. The number of aromatic amines is 1. The summed E-state index contributed by atoms with van der Waals surface area (Å²) in [5.74, 6) is 0.267. The van der Waals surface area contributed by atoms with E-state index in [-0.39, 0.29) is 5.91 Å². The number of piperazine rings is 1. The van der Waals surface area contributed by atoms with E-state index in [1.54, 1.807) is 30.5 Å². The Balaban J connectivity index is 1.42. The molecule has 4 rings (SSSR count). The number of fused-ring (bicyclic) bond motifs is 1. The first-order valence-electron chi connectivity index (χ1n) is 10.6. The van der Waals surface area contributed by atoms with Gasteiger partial charge in [0.1, 0.15) is 11.4 Å². The van der Waals surface area contributed by atoms with Gasteiger partial charge in [-0.15, -0.1) is 0 Å². The third-order valence-corrected chi connectivity index (χ3v) is 5.28. The topological polar surface area (TPSA) is 111 Å². The summed E-state index contributed by atoms with van der Waals surface area (Å²) in [6, 6.07) is 11.2.